The summed E-state index contributed by atoms with van der Waals surface area (Å²) in [6.45, 7) is 1.99. The molecular formula is C7H11IN3. The molecule has 1 radical (unpaired) electrons. The van der Waals surface area contributed by atoms with Gasteiger partial charge in [0.15, 0.2) is 5.69 Å². The molecule has 1 rings (SSSR count). The third-order valence-corrected chi connectivity index (χ3v) is 2.00. The molecule has 0 unspecified atom stereocenters. The predicted molar refractivity (Wildman–Crippen MR) is 41.3 cm³/mol. The van der Waals surface area contributed by atoms with Gasteiger partial charge in [-0.15, -0.1) is 0 Å². The molecule has 0 amide bonds. The largest absolute Gasteiger partial charge is 0.415 e. The highest BCUT2D eigenvalue weighted by Crippen LogP contribution is 2.14. The summed E-state index contributed by atoms with van der Waals surface area (Å²) in [7, 11) is 0. The number of quaternary nitrogens is 1. The van der Waals surface area contributed by atoms with E-state index in [0.29, 0.717) is 0 Å². The van der Waals surface area contributed by atoms with Gasteiger partial charge in [0.1, 0.15) is 0 Å². The van der Waals surface area contributed by atoms with Gasteiger partial charge >= 0.3 is 0 Å². The first kappa shape index (κ1) is 8.92. The number of nitrogens with two attached hydrogens (primary N) is 2. The van der Waals surface area contributed by atoms with Crippen molar-refractivity contribution in [2.75, 3.05) is 0 Å². The molecular weight excluding hydrogens is 253 g/mol. The van der Waals surface area contributed by atoms with Crippen LogP contribution in [-0.2, 0) is 0 Å². The van der Waals surface area contributed by atoms with E-state index < -0.39 is 0 Å². The van der Waals surface area contributed by atoms with E-state index in [1.807, 2.05) is 54.1 Å². The molecule has 0 aliphatic carbocycles. The van der Waals surface area contributed by atoms with Crippen molar-refractivity contribution in [1.29, 1.82) is 0 Å². The van der Waals surface area contributed by atoms with Crippen LogP contribution >= 0.6 is 0 Å². The van der Waals surface area contributed by atoms with E-state index in [-0.39, 0.29) is 2.91 Å². The average Bonchev–Trinajstić information content (AvgIpc) is 1.86. The minimum Gasteiger partial charge on any atom is -0.415 e. The fourth-order valence-electron chi connectivity index (χ4n) is 0.948. The summed E-state index contributed by atoms with van der Waals surface area (Å²) in [5, 5.41) is 0. The third kappa shape index (κ3) is 2.13. The number of benzene rings is 1. The van der Waals surface area contributed by atoms with Crippen LogP contribution in [0.4, 0.5) is 5.69 Å². The van der Waals surface area contributed by atoms with E-state index in [0.717, 1.165) is 11.3 Å². The van der Waals surface area contributed by atoms with Gasteiger partial charge in [-0.1, -0.05) is 18.2 Å². The lowest BCUT2D eigenvalue weighted by molar-refractivity contribution is -0.567. The van der Waals surface area contributed by atoms with Gasteiger partial charge < -0.3 is 22.9 Å². The zero-order chi connectivity index (χ0) is 8.48. The summed E-state index contributed by atoms with van der Waals surface area (Å²) in [6, 6.07) is 7.79. The van der Waals surface area contributed by atoms with Crippen molar-refractivity contribution >= 4 is 5.69 Å². The standard InChI is InChI=1S/C7H11IN3/c1-6-4-2-3-5-7(6)11(8,9)10/h2-5H,9-10H2,1H3. The van der Waals surface area contributed by atoms with Gasteiger partial charge in [-0.2, -0.15) is 11.7 Å². The molecule has 3 nitrogen and oxygen atoms in total. The van der Waals surface area contributed by atoms with Crippen LogP contribution in [0, 0.1) is 6.92 Å². The Morgan fingerprint density at radius 2 is 1.82 bits per heavy atom. The minimum absolute atomic E-state index is 0.134. The smallest absolute Gasteiger partial charge is 0.151 e. The normalized spacial score (nSPS) is 11.6. The maximum absolute atomic E-state index is 5.66. The molecule has 0 fully saturated rings. The summed E-state index contributed by atoms with van der Waals surface area (Å²) in [6.07, 6.45) is 0. The van der Waals surface area contributed by atoms with Crippen LogP contribution in [0.25, 0.3) is 0 Å². The molecule has 0 atom stereocenters. The maximum atomic E-state index is 5.66. The molecule has 1 aromatic carbocycles. The number of aryl methyl sites for hydroxylation is 1. The topological polar surface area (TPSA) is 52.0 Å². The number of nitrogens with zero attached hydrogens (tertiary/aromatic N) is 1. The van der Waals surface area contributed by atoms with E-state index >= 15 is 0 Å². The molecule has 4 N–H and O–H groups in total. The van der Waals surface area contributed by atoms with Crippen molar-refractivity contribution in [1.82, 2.24) is 2.91 Å². The van der Waals surface area contributed by atoms with Crippen molar-refractivity contribution in [3.8, 4) is 0 Å². The number of halogens is 1. The molecule has 0 aromatic heterocycles. The highest BCUT2D eigenvalue weighted by molar-refractivity contribution is 5.45. The second-order valence-electron chi connectivity index (χ2n) is 2.47. The first-order valence-electron chi connectivity index (χ1n) is 3.24. The van der Waals surface area contributed by atoms with Crippen LogP contribution in [-0.4, -0.2) is 0 Å². The summed E-state index contributed by atoms with van der Waals surface area (Å²) in [4.78, 5) is 0. The van der Waals surface area contributed by atoms with E-state index in [1.165, 1.54) is 0 Å². The van der Waals surface area contributed by atoms with Crippen molar-refractivity contribution in [2.24, 2.45) is 11.7 Å². The number of rotatable bonds is 1. The molecule has 0 saturated carbocycles. The quantitative estimate of drug-likeness (QED) is 0.255. The van der Waals surface area contributed by atoms with Gasteiger partial charge in [0.25, 0.3) is 0 Å². The van der Waals surface area contributed by atoms with Crippen molar-refractivity contribution in [3.05, 3.63) is 29.8 Å². The fourth-order valence-corrected chi connectivity index (χ4v) is 1.49. The zero-order valence-corrected chi connectivity index (χ0v) is 8.45. The average molecular weight is 264 g/mol. The minimum atomic E-state index is -0.134. The first-order valence-corrected chi connectivity index (χ1v) is 4.20. The summed E-state index contributed by atoms with van der Waals surface area (Å²) < 4.78 is -0.134. The highest BCUT2D eigenvalue weighted by atomic mass is 127. The molecule has 0 aliphatic rings. The van der Waals surface area contributed by atoms with E-state index in [2.05, 4.69) is 0 Å². The fraction of sp³-hybridized carbons (Fsp3) is 0.143. The van der Waals surface area contributed by atoms with Crippen molar-refractivity contribution in [2.45, 2.75) is 6.92 Å². The molecule has 0 aliphatic heterocycles. The van der Waals surface area contributed by atoms with Crippen LogP contribution in [0.3, 0.4) is 0 Å². The monoisotopic (exact) mass is 264 g/mol. The SMILES string of the molecule is Cc1ccccc1[N+](N)(N)[I-]. The third-order valence-electron chi connectivity index (χ3n) is 1.48. The molecule has 61 valence electrons. The van der Waals surface area contributed by atoms with E-state index in [4.69, 9.17) is 11.7 Å². The molecule has 11 heavy (non-hydrogen) atoms. The van der Waals surface area contributed by atoms with Gasteiger partial charge in [-0.3, -0.25) is 2.91 Å². The summed E-state index contributed by atoms with van der Waals surface area (Å²) in [5.41, 5.74) is 2.03. The van der Waals surface area contributed by atoms with Gasteiger partial charge in [0, 0.05) is 11.6 Å². The van der Waals surface area contributed by atoms with Crippen LogP contribution in [0.15, 0.2) is 24.3 Å². The Kier molecular flexibility index (Phi) is 2.48. The number of hydrogen-bond acceptors (Lipinski definition) is 2. The Bertz CT molecular complexity index is 254. The second kappa shape index (κ2) is 3.06. The lowest BCUT2D eigenvalue weighted by atomic mass is 10.2. The van der Waals surface area contributed by atoms with Crippen molar-refractivity contribution < 1.29 is 22.9 Å². The lowest BCUT2D eigenvalue weighted by Gasteiger charge is -2.32. The predicted octanol–water partition coefficient (Wildman–Crippen LogP) is -2.48. The summed E-state index contributed by atoms with van der Waals surface area (Å²) >= 11 is 1.96. The first-order chi connectivity index (χ1) is 5.02. The molecule has 0 saturated heterocycles. The lowest BCUT2D eigenvalue weighted by Crippen LogP contribution is -3.51. The molecule has 4 heteroatoms. The van der Waals surface area contributed by atoms with Gasteiger partial charge in [-0.05, 0) is 6.92 Å². The molecule has 0 bridgehead atoms. The van der Waals surface area contributed by atoms with Crippen LogP contribution < -0.4 is 37.5 Å². The van der Waals surface area contributed by atoms with Crippen LogP contribution in [0.1, 0.15) is 5.56 Å². The Labute approximate surface area is 80.0 Å². The Hall–Kier alpha value is -0.170. The van der Waals surface area contributed by atoms with Gasteiger partial charge in [0.2, 0.25) is 0 Å². The second-order valence-corrected chi connectivity index (χ2v) is 4.07. The van der Waals surface area contributed by atoms with Crippen molar-refractivity contribution in [3.63, 3.8) is 0 Å². The zero-order valence-electron chi connectivity index (χ0n) is 6.29. The van der Waals surface area contributed by atoms with Gasteiger partial charge in [-0.25, -0.2) is 0 Å². The molecule has 0 spiro atoms. The Morgan fingerprint density at radius 3 is 2.18 bits per heavy atom. The summed E-state index contributed by atoms with van der Waals surface area (Å²) in [5.74, 6) is 11.3. The van der Waals surface area contributed by atoms with Crippen LogP contribution in [0.5, 0.6) is 0 Å². The maximum Gasteiger partial charge on any atom is 0.151 e. The highest BCUT2D eigenvalue weighted by Gasteiger charge is 2.09. The Morgan fingerprint density at radius 1 is 1.27 bits per heavy atom. The van der Waals surface area contributed by atoms with E-state index in [9.17, 15) is 0 Å². The van der Waals surface area contributed by atoms with E-state index in [1.54, 1.807) is 0 Å². The Balaban J connectivity index is 3.14. The molecule has 1 aromatic rings. The van der Waals surface area contributed by atoms with Crippen LogP contribution in [0.2, 0.25) is 0 Å². The number of hydrogen-bond donors (Lipinski definition) is 2. The molecule has 0 heterocycles. The van der Waals surface area contributed by atoms with Gasteiger partial charge in [0.05, 0.1) is 0 Å².